The Morgan fingerprint density at radius 2 is 1.97 bits per heavy atom. The van der Waals surface area contributed by atoms with Gasteiger partial charge in [0.15, 0.2) is 5.76 Å². The van der Waals surface area contributed by atoms with E-state index in [0.717, 1.165) is 37.1 Å². The average molecular weight is 396 g/mol. The van der Waals surface area contributed by atoms with E-state index in [2.05, 4.69) is 46.2 Å². The lowest BCUT2D eigenvalue weighted by molar-refractivity contribution is -0.117. The number of likely N-dealkylation sites (N-methyl/N-ethyl adjacent to an activating group) is 1. The number of anilines is 1. The molecule has 0 spiro atoms. The first-order valence-corrected chi connectivity index (χ1v) is 9.98. The molecule has 0 saturated carbocycles. The van der Waals surface area contributed by atoms with E-state index in [-0.39, 0.29) is 11.7 Å². The van der Waals surface area contributed by atoms with E-state index in [9.17, 15) is 9.59 Å². The van der Waals surface area contributed by atoms with Gasteiger partial charge >= 0.3 is 0 Å². The minimum atomic E-state index is -0.693. The molecule has 2 heterocycles. The van der Waals surface area contributed by atoms with E-state index < -0.39 is 11.9 Å². The minimum Gasteiger partial charge on any atom is -0.459 e. The van der Waals surface area contributed by atoms with Gasteiger partial charge in [-0.15, -0.1) is 0 Å². The largest absolute Gasteiger partial charge is 0.459 e. The summed E-state index contributed by atoms with van der Waals surface area (Å²) >= 11 is 0. The van der Waals surface area contributed by atoms with Crippen molar-refractivity contribution in [1.82, 2.24) is 14.8 Å². The number of hydrogen-bond donors (Lipinski definition) is 2. The van der Waals surface area contributed by atoms with Crippen LogP contribution in [0.3, 0.4) is 0 Å². The molecule has 0 aliphatic heterocycles. The summed E-state index contributed by atoms with van der Waals surface area (Å²) in [6, 6.07) is 10.4. The van der Waals surface area contributed by atoms with Crippen molar-refractivity contribution in [3.8, 4) is 0 Å². The van der Waals surface area contributed by atoms with Gasteiger partial charge in [0.1, 0.15) is 6.04 Å². The van der Waals surface area contributed by atoms with Gasteiger partial charge in [0.25, 0.3) is 5.91 Å². The Bertz CT molecular complexity index is 958. The first kappa shape index (κ1) is 20.7. The van der Waals surface area contributed by atoms with Gasteiger partial charge in [-0.2, -0.15) is 0 Å². The number of aromatic nitrogens is 1. The lowest BCUT2D eigenvalue weighted by Crippen LogP contribution is -2.41. The second kappa shape index (κ2) is 9.43. The van der Waals surface area contributed by atoms with Crippen LogP contribution < -0.4 is 10.6 Å². The predicted molar refractivity (Wildman–Crippen MR) is 114 cm³/mol. The molecule has 3 aromatic rings. The molecule has 154 valence electrons. The van der Waals surface area contributed by atoms with Crippen LogP contribution in [0.1, 0.15) is 31.3 Å². The molecule has 2 N–H and O–H groups in total. The van der Waals surface area contributed by atoms with E-state index in [4.69, 9.17) is 4.42 Å². The highest BCUT2D eigenvalue weighted by Crippen LogP contribution is 2.21. The van der Waals surface area contributed by atoms with E-state index in [1.807, 2.05) is 18.2 Å². The van der Waals surface area contributed by atoms with Gasteiger partial charge in [0.05, 0.1) is 6.26 Å². The van der Waals surface area contributed by atoms with Crippen LogP contribution in [-0.2, 0) is 11.3 Å². The van der Waals surface area contributed by atoms with Crippen molar-refractivity contribution in [2.75, 3.05) is 25.0 Å². The monoisotopic (exact) mass is 396 g/mol. The van der Waals surface area contributed by atoms with Crippen LogP contribution in [0.4, 0.5) is 5.69 Å². The van der Waals surface area contributed by atoms with Crippen LogP contribution in [0.5, 0.6) is 0 Å². The summed E-state index contributed by atoms with van der Waals surface area (Å²) in [5.74, 6) is -0.527. The zero-order chi connectivity index (χ0) is 20.8. The second-order valence-electron chi connectivity index (χ2n) is 6.97. The Hall–Kier alpha value is -3.06. The number of amides is 2. The van der Waals surface area contributed by atoms with Crippen molar-refractivity contribution in [2.24, 2.45) is 0 Å². The minimum absolute atomic E-state index is 0.178. The number of hydrogen-bond acceptors (Lipinski definition) is 4. The molecule has 0 fully saturated rings. The molecule has 1 unspecified atom stereocenters. The molecular formula is C22H28N4O3. The third-order valence-corrected chi connectivity index (χ3v) is 5.08. The van der Waals surface area contributed by atoms with Crippen LogP contribution in [0.25, 0.3) is 10.9 Å². The molecule has 0 aliphatic carbocycles. The SMILES string of the molecule is CCN(CC)CCn1ccc2cc(NC(=O)C(C)NC(=O)c3ccco3)ccc21. The number of rotatable bonds is 9. The number of carbonyl (C=O) groups excluding carboxylic acids is 2. The van der Waals surface area contributed by atoms with Gasteiger partial charge in [-0.1, -0.05) is 13.8 Å². The molecule has 1 aromatic carbocycles. The van der Waals surface area contributed by atoms with Crippen LogP contribution >= 0.6 is 0 Å². The maximum atomic E-state index is 12.4. The maximum absolute atomic E-state index is 12.4. The Kier molecular flexibility index (Phi) is 6.72. The van der Waals surface area contributed by atoms with E-state index >= 15 is 0 Å². The molecule has 7 nitrogen and oxygen atoms in total. The standard InChI is InChI=1S/C22H28N4O3/c1-4-25(5-2)12-13-26-11-10-17-15-18(8-9-19(17)26)24-21(27)16(3)23-22(28)20-7-6-14-29-20/h6-11,14-16H,4-5,12-13H2,1-3H3,(H,23,28)(H,24,27). The quantitative estimate of drug-likeness (QED) is 0.581. The van der Waals surface area contributed by atoms with Crippen molar-refractivity contribution >= 4 is 28.4 Å². The van der Waals surface area contributed by atoms with Gasteiger partial charge in [0, 0.05) is 35.9 Å². The summed E-state index contributed by atoms with van der Waals surface area (Å²) in [6.45, 7) is 9.99. The molecule has 29 heavy (non-hydrogen) atoms. The van der Waals surface area contributed by atoms with E-state index in [1.165, 1.54) is 6.26 Å². The second-order valence-corrected chi connectivity index (χ2v) is 6.97. The number of carbonyl (C=O) groups is 2. The predicted octanol–water partition coefficient (Wildman–Crippen LogP) is 3.33. The van der Waals surface area contributed by atoms with Gasteiger partial charge in [0.2, 0.25) is 5.91 Å². The number of fused-ring (bicyclic) bond motifs is 1. The normalized spacial score (nSPS) is 12.3. The maximum Gasteiger partial charge on any atom is 0.287 e. The zero-order valence-electron chi connectivity index (χ0n) is 17.1. The Balaban J connectivity index is 1.61. The Labute approximate surface area is 170 Å². The molecule has 0 radical (unpaired) electrons. The van der Waals surface area contributed by atoms with Crippen LogP contribution in [-0.4, -0.2) is 47.0 Å². The lowest BCUT2D eigenvalue weighted by atomic mass is 10.2. The first-order valence-electron chi connectivity index (χ1n) is 9.98. The van der Waals surface area contributed by atoms with Crippen molar-refractivity contribution in [3.63, 3.8) is 0 Å². The van der Waals surface area contributed by atoms with Crippen LogP contribution in [0.15, 0.2) is 53.3 Å². The Morgan fingerprint density at radius 3 is 2.66 bits per heavy atom. The smallest absolute Gasteiger partial charge is 0.287 e. The molecule has 1 atom stereocenters. The van der Waals surface area contributed by atoms with Crippen molar-refractivity contribution in [3.05, 3.63) is 54.6 Å². The van der Waals surface area contributed by atoms with Gasteiger partial charge < -0.3 is 24.5 Å². The topological polar surface area (TPSA) is 79.5 Å². The molecule has 7 heteroatoms. The highest BCUT2D eigenvalue weighted by atomic mass is 16.3. The highest BCUT2D eigenvalue weighted by molar-refractivity contribution is 6.00. The number of furan rings is 1. The Morgan fingerprint density at radius 1 is 1.17 bits per heavy atom. The fraction of sp³-hybridized carbons (Fsp3) is 0.364. The molecule has 0 aliphatic rings. The van der Waals surface area contributed by atoms with Crippen LogP contribution in [0, 0.1) is 0 Å². The van der Waals surface area contributed by atoms with Gasteiger partial charge in [-0.25, -0.2) is 0 Å². The number of benzene rings is 1. The molecule has 0 bridgehead atoms. The highest BCUT2D eigenvalue weighted by Gasteiger charge is 2.18. The number of nitrogens with zero attached hydrogens (tertiary/aromatic N) is 2. The fourth-order valence-corrected chi connectivity index (χ4v) is 3.25. The summed E-state index contributed by atoms with van der Waals surface area (Å²) in [6.07, 6.45) is 3.50. The van der Waals surface area contributed by atoms with Crippen molar-refractivity contribution < 1.29 is 14.0 Å². The van der Waals surface area contributed by atoms with Gasteiger partial charge in [-0.05, 0) is 56.4 Å². The lowest BCUT2D eigenvalue weighted by Gasteiger charge is -2.18. The molecule has 3 rings (SSSR count). The van der Waals surface area contributed by atoms with Crippen molar-refractivity contribution in [2.45, 2.75) is 33.4 Å². The summed E-state index contributed by atoms with van der Waals surface area (Å²) in [5.41, 5.74) is 1.83. The van der Waals surface area contributed by atoms with Crippen LogP contribution in [0.2, 0.25) is 0 Å². The molecular weight excluding hydrogens is 368 g/mol. The van der Waals surface area contributed by atoms with E-state index in [0.29, 0.717) is 5.69 Å². The third-order valence-electron chi connectivity index (χ3n) is 5.08. The summed E-state index contributed by atoms with van der Waals surface area (Å²) < 4.78 is 7.27. The third kappa shape index (κ3) is 5.06. The zero-order valence-corrected chi connectivity index (χ0v) is 17.1. The van der Waals surface area contributed by atoms with Crippen molar-refractivity contribution in [1.29, 1.82) is 0 Å². The summed E-state index contributed by atoms with van der Waals surface area (Å²) in [5, 5.41) is 6.55. The fourth-order valence-electron chi connectivity index (χ4n) is 3.25. The van der Waals surface area contributed by atoms with Gasteiger partial charge in [-0.3, -0.25) is 9.59 Å². The first-order chi connectivity index (χ1) is 14.0. The average Bonchev–Trinajstić information content (AvgIpc) is 3.38. The van der Waals surface area contributed by atoms with E-state index in [1.54, 1.807) is 19.1 Å². The number of nitrogens with one attached hydrogen (secondary N) is 2. The molecule has 2 aromatic heterocycles. The molecule has 0 saturated heterocycles. The molecule has 2 amide bonds. The summed E-state index contributed by atoms with van der Waals surface area (Å²) in [7, 11) is 0. The summed E-state index contributed by atoms with van der Waals surface area (Å²) in [4.78, 5) is 26.8.